The molecule has 0 fully saturated rings. The van der Waals surface area contributed by atoms with Gasteiger partial charge in [0.1, 0.15) is 7.42 Å². The van der Waals surface area contributed by atoms with Crippen molar-refractivity contribution in [2.75, 3.05) is 0 Å². The standard InChI is InChI=1S/C10H15BrSi/c1-2-8-12(11)9-10-6-4-3-5-7-10/h3-7,12H,2,8-9H2,1H3. The van der Waals surface area contributed by atoms with E-state index in [-0.39, 0.29) is 0 Å². The minimum absolute atomic E-state index is 0.616. The molecule has 1 aromatic carbocycles. The van der Waals surface area contributed by atoms with E-state index in [0.29, 0.717) is 0 Å². The molecule has 0 bridgehead atoms. The van der Waals surface area contributed by atoms with Crippen molar-refractivity contribution in [3.63, 3.8) is 0 Å². The largest absolute Gasteiger partial charge is 0.130 e. The first-order valence-electron chi connectivity index (χ1n) is 4.51. The summed E-state index contributed by atoms with van der Waals surface area (Å²) in [5, 5.41) is 0. The first-order chi connectivity index (χ1) is 5.83. The fourth-order valence-corrected chi connectivity index (χ4v) is 5.39. The van der Waals surface area contributed by atoms with Crippen LogP contribution in [0.1, 0.15) is 18.9 Å². The van der Waals surface area contributed by atoms with Crippen LogP contribution in [0, 0.1) is 0 Å². The molecular formula is C10H15BrSi. The lowest BCUT2D eigenvalue weighted by Crippen LogP contribution is -2.06. The molecule has 0 saturated heterocycles. The third-order valence-corrected chi connectivity index (χ3v) is 6.36. The maximum Gasteiger partial charge on any atom is 0.119 e. The Hall–Kier alpha value is -0.0831. The molecule has 12 heavy (non-hydrogen) atoms. The highest BCUT2D eigenvalue weighted by molar-refractivity contribution is 9.24. The minimum atomic E-state index is -0.616. The molecule has 1 atom stereocenters. The molecule has 66 valence electrons. The van der Waals surface area contributed by atoms with Crippen LogP contribution < -0.4 is 0 Å². The quantitative estimate of drug-likeness (QED) is 0.562. The van der Waals surface area contributed by atoms with E-state index in [1.807, 2.05) is 0 Å². The Balaban J connectivity index is 2.41. The summed E-state index contributed by atoms with van der Waals surface area (Å²) in [5.41, 5.74) is 1.49. The first kappa shape index (κ1) is 10.0. The predicted molar refractivity (Wildman–Crippen MR) is 61.3 cm³/mol. The topological polar surface area (TPSA) is 0 Å². The maximum absolute atomic E-state index is 3.81. The van der Waals surface area contributed by atoms with Crippen molar-refractivity contribution in [3.05, 3.63) is 35.9 Å². The molecule has 2 heteroatoms. The molecule has 1 unspecified atom stereocenters. The van der Waals surface area contributed by atoms with Crippen molar-refractivity contribution >= 4 is 22.7 Å². The number of rotatable bonds is 4. The molecule has 0 N–H and O–H groups in total. The Morgan fingerprint density at radius 3 is 2.50 bits per heavy atom. The van der Waals surface area contributed by atoms with Gasteiger partial charge in [-0.3, -0.25) is 0 Å². The molecule has 0 nitrogen and oxygen atoms in total. The Morgan fingerprint density at radius 2 is 1.92 bits per heavy atom. The fraction of sp³-hybridized carbons (Fsp3) is 0.400. The highest BCUT2D eigenvalue weighted by atomic mass is 79.9. The molecular weight excluding hydrogens is 228 g/mol. The average molecular weight is 243 g/mol. The van der Waals surface area contributed by atoms with Crippen LogP contribution in [0.3, 0.4) is 0 Å². The van der Waals surface area contributed by atoms with Gasteiger partial charge in [0.25, 0.3) is 0 Å². The average Bonchev–Trinajstić information content (AvgIpc) is 2.06. The lowest BCUT2D eigenvalue weighted by molar-refractivity contribution is 1.06. The summed E-state index contributed by atoms with van der Waals surface area (Å²) in [7, 11) is -0.616. The summed E-state index contributed by atoms with van der Waals surface area (Å²) < 4.78 is 0. The second kappa shape index (κ2) is 5.54. The minimum Gasteiger partial charge on any atom is -0.130 e. The molecule has 0 spiro atoms. The van der Waals surface area contributed by atoms with Crippen LogP contribution in [0.25, 0.3) is 0 Å². The summed E-state index contributed by atoms with van der Waals surface area (Å²) >= 11 is 3.81. The molecule has 1 rings (SSSR count). The number of benzene rings is 1. The number of hydrogen-bond donors (Lipinski definition) is 0. The SMILES string of the molecule is CCC[SiH](Br)Cc1ccccc1. The molecule has 1 aromatic rings. The molecule has 0 amide bonds. The van der Waals surface area contributed by atoms with Gasteiger partial charge in [0.05, 0.1) is 0 Å². The summed E-state index contributed by atoms with van der Waals surface area (Å²) in [5.74, 6) is 0. The molecule has 0 heterocycles. The van der Waals surface area contributed by atoms with Gasteiger partial charge >= 0.3 is 0 Å². The number of hydrogen-bond acceptors (Lipinski definition) is 0. The molecule has 0 saturated carbocycles. The smallest absolute Gasteiger partial charge is 0.119 e. The van der Waals surface area contributed by atoms with Gasteiger partial charge in [-0.2, -0.15) is 0 Å². The van der Waals surface area contributed by atoms with E-state index in [1.165, 1.54) is 24.1 Å². The van der Waals surface area contributed by atoms with Gasteiger partial charge in [-0.1, -0.05) is 55.3 Å². The van der Waals surface area contributed by atoms with E-state index in [2.05, 4.69) is 52.5 Å². The van der Waals surface area contributed by atoms with E-state index < -0.39 is 7.42 Å². The highest BCUT2D eigenvalue weighted by Crippen LogP contribution is 2.11. The van der Waals surface area contributed by atoms with Crippen molar-refractivity contribution in [1.82, 2.24) is 0 Å². The van der Waals surface area contributed by atoms with Crippen LogP contribution in [-0.4, -0.2) is 7.42 Å². The van der Waals surface area contributed by atoms with Crippen LogP contribution in [0.5, 0.6) is 0 Å². The van der Waals surface area contributed by atoms with Crippen molar-refractivity contribution < 1.29 is 0 Å². The second-order valence-corrected chi connectivity index (χ2v) is 9.14. The monoisotopic (exact) mass is 242 g/mol. The Labute approximate surface area is 84.2 Å². The molecule has 0 radical (unpaired) electrons. The summed E-state index contributed by atoms with van der Waals surface area (Å²) in [4.78, 5) is 0. The highest BCUT2D eigenvalue weighted by Gasteiger charge is 2.04. The molecule has 0 aliphatic carbocycles. The van der Waals surface area contributed by atoms with E-state index in [0.717, 1.165) is 0 Å². The normalized spacial score (nSPS) is 12.8. The van der Waals surface area contributed by atoms with E-state index in [4.69, 9.17) is 0 Å². The van der Waals surface area contributed by atoms with Crippen molar-refractivity contribution in [2.45, 2.75) is 25.4 Å². The Kier molecular flexibility index (Phi) is 4.62. The van der Waals surface area contributed by atoms with Crippen LogP contribution >= 0.6 is 15.3 Å². The molecule has 0 aliphatic rings. The summed E-state index contributed by atoms with van der Waals surface area (Å²) in [6.07, 6.45) is 1.31. The lowest BCUT2D eigenvalue weighted by Gasteiger charge is -2.05. The van der Waals surface area contributed by atoms with Crippen molar-refractivity contribution in [2.24, 2.45) is 0 Å². The van der Waals surface area contributed by atoms with Crippen LogP contribution in [-0.2, 0) is 6.04 Å². The zero-order valence-corrected chi connectivity index (χ0v) is 10.2. The summed E-state index contributed by atoms with van der Waals surface area (Å²) in [6.45, 7) is 2.26. The first-order valence-corrected chi connectivity index (χ1v) is 9.32. The fourth-order valence-electron chi connectivity index (χ4n) is 1.29. The van der Waals surface area contributed by atoms with Crippen LogP contribution in [0.15, 0.2) is 30.3 Å². The van der Waals surface area contributed by atoms with E-state index in [1.54, 1.807) is 0 Å². The molecule has 0 aliphatic heterocycles. The third-order valence-electron chi connectivity index (χ3n) is 1.90. The van der Waals surface area contributed by atoms with Gasteiger partial charge in [0.15, 0.2) is 0 Å². The predicted octanol–water partition coefficient (Wildman–Crippen LogP) is 3.30. The lowest BCUT2D eigenvalue weighted by atomic mass is 10.2. The third kappa shape index (κ3) is 3.54. The van der Waals surface area contributed by atoms with Crippen molar-refractivity contribution in [1.29, 1.82) is 0 Å². The van der Waals surface area contributed by atoms with Gasteiger partial charge in [0.2, 0.25) is 0 Å². The van der Waals surface area contributed by atoms with Crippen LogP contribution in [0.4, 0.5) is 0 Å². The van der Waals surface area contributed by atoms with Gasteiger partial charge < -0.3 is 0 Å². The Bertz CT molecular complexity index is 210. The van der Waals surface area contributed by atoms with E-state index >= 15 is 0 Å². The zero-order chi connectivity index (χ0) is 8.81. The summed E-state index contributed by atoms with van der Waals surface area (Å²) in [6, 6.07) is 13.4. The molecule has 0 aromatic heterocycles. The van der Waals surface area contributed by atoms with Crippen LogP contribution in [0.2, 0.25) is 6.04 Å². The van der Waals surface area contributed by atoms with E-state index in [9.17, 15) is 0 Å². The maximum atomic E-state index is 3.81. The van der Waals surface area contributed by atoms with Gasteiger partial charge in [-0.05, 0) is 6.04 Å². The second-order valence-electron chi connectivity index (χ2n) is 3.08. The Morgan fingerprint density at radius 1 is 1.25 bits per heavy atom. The van der Waals surface area contributed by atoms with Gasteiger partial charge in [-0.25, -0.2) is 0 Å². The van der Waals surface area contributed by atoms with Crippen molar-refractivity contribution in [3.8, 4) is 0 Å². The zero-order valence-electron chi connectivity index (χ0n) is 7.46. The van der Waals surface area contributed by atoms with Gasteiger partial charge in [-0.15, -0.1) is 15.3 Å². The van der Waals surface area contributed by atoms with Gasteiger partial charge in [0, 0.05) is 0 Å². The number of halogens is 1.